The molecule has 0 saturated carbocycles. The zero-order chi connectivity index (χ0) is 12.9. The number of benzene rings is 1. The second-order valence-corrected chi connectivity index (χ2v) is 6.40. The first-order valence-corrected chi connectivity index (χ1v) is 7.60. The molecule has 0 heterocycles. The highest BCUT2D eigenvalue weighted by Crippen LogP contribution is 2.12. The van der Waals surface area contributed by atoms with Gasteiger partial charge in [-0.1, -0.05) is 28.1 Å². The van der Waals surface area contributed by atoms with Crippen molar-refractivity contribution in [2.75, 3.05) is 16.4 Å². The Balaban J connectivity index is 2.72. The van der Waals surface area contributed by atoms with Crippen molar-refractivity contribution in [1.29, 1.82) is 0 Å². The number of halogens is 1. The Bertz CT molecular complexity index is 485. The highest BCUT2D eigenvalue weighted by atomic mass is 79.9. The van der Waals surface area contributed by atoms with Crippen molar-refractivity contribution in [3.8, 4) is 0 Å². The van der Waals surface area contributed by atoms with Gasteiger partial charge in [0.05, 0.1) is 6.42 Å². The summed E-state index contributed by atoms with van der Waals surface area (Å²) in [4.78, 5) is 11.1. The molecule has 5 nitrogen and oxygen atoms in total. The standard InChI is InChI=1S/C10H13BrN2O3S/c1-12-10(14)6-8-2-4-9(5-3-8)13-17(15,16)7-11/h2-5,13H,6-7H2,1H3,(H,12,14). The predicted molar refractivity (Wildman–Crippen MR) is 70.5 cm³/mol. The van der Waals surface area contributed by atoms with Crippen LogP contribution in [0.4, 0.5) is 5.69 Å². The number of carbonyl (C=O) groups excluding carboxylic acids is 1. The first-order chi connectivity index (χ1) is 7.96. The molecule has 0 spiro atoms. The summed E-state index contributed by atoms with van der Waals surface area (Å²) in [6.07, 6.45) is 0.280. The molecule has 0 saturated heterocycles. The van der Waals surface area contributed by atoms with Crippen LogP contribution in [-0.2, 0) is 21.2 Å². The van der Waals surface area contributed by atoms with E-state index in [0.717, 1.165) is 5.56 Å². The third-order valence-corrected chi connectivity index (χ3v) is 4.66. The molecule has 1 amide bonds. The van der Waals surface area contributed by atoms with Gasteiger partial charge < -0.3 is 5.32 Å². The van der Waals surface area contributed by atoms with Crippen molar-refractivity contribution in [3.05, 3.63) is 29.8 Å². The molecule has 0 bridgehead atoms. The number of hydrogen-bond acceptors (Lipinski definition) is 3. The van der Waals surface area contributed by atoms with E-state index in [9.17, 15) is 13.2 Å². The van der Waals surface area contributed by atoms with Crippen LogP contribution in [0.3, 0.4) is 0 Å². The summed E-state index contributed by atoms with van der Waals surface area (Å²) in [5.74, 6) is -0.0845. The minimum atomic E-state index is -3.33. The number of sulfonamides is 1. The SMILES string of the molecule is CNC(=O)Cc1ccc(NS(=O)(=O)CBr)cc1. The van der Waals surface area contributed by atoms with Crippen molar-refractivity contribution >= 4 is 37.5 Å². The molecule has 2 N–H and O–H groups in total. The molecule has 7 heteroatoms. The lowest BCUT2D eigenvalue weighted by molar-refractivity contribution is -0.119. The molecule has 1 aromatic rings. The molecule has 0 fully saturated rings. The number of carbonyl (C=O) groups is 1. The number of amides is 1. The minimum absolute atomic E-state index is 0.0845. The molecule has 0 radical (unpaired) electrons. The third kappa shape index (κ3) is 4.74. The molecule has 0 aliphatic heterocycles. The lowest BCUT2D eigenvalue weighted by Gasteiger charge is -2.06. The number of rotatable bonds is 5. The third-order valence-electron chi connectivity index (χ3n) is 2.01. The minimum Gasteiger partial charge on any atom is -0.359 e. The normalized spacial score (nSPS) is 10.9. The Kier molecular flexibility index (Phi) is 4.95. The highest BCUT2D eigenvalue weighted by molar-refractivity contribution is 9.10. The Hall–Kier alpha value is -1.08. The first kappa shape index (κ1) is 14.0. The molecule has 0 unspecified atom stereocenters. The van der Waals surface area contributed by atoms with Gasteiger partial charge in [-0.2, -0.15) is 0 Å². The molecular formula is C10H13BrN2O3S. The summed E-state index contributed by atoms with van der Waals surface area (Å²) < 4.78 is 24.7. The number of alkyl halides is 1. The molecular weight excluding hydrogens is 308 g/mol. The van der Waals surface area contributed by atoms with Crippen LogP contribution < -0.4 is 10.0 Å². The average Bonchev–Trinajstić information content (AvgIpc) is 2.31. The topological polar surface area (TPSA) is 75.3 Å². The van der Waals surface area contributed by atoms with Crippen molar-refractivity contribution in [3.63, 3.8) is 0 Å². The zero-order valence-electron chi connectivity index (χ0n) is 9.23. The number of nitrogens with one attached hydrogen (secondary N) is 2. The second-order valence-electron chi connectivity index (χ2n) is 3.37. The quantitative estimate of drug-likeness (QED) is 0.797. The van der Waals surface area contributed by atoms with Gasteiger partial charge in [0.2, 0.25) is 15.9 Å². The maximum absolute atomic E-state index is 11.3. The Labute approximate surface area is 109 Å². The lowest BCUT2D eigenvalue weighted by Crippen LogP contribution is -2.19. The molecule has 1 rings (SSSR count). The van der Waals surface area contributed by atoms with Gasteiger partial charge in [-0.15, -0.1) is 0 Å². The van der Waals surface area contributed by atoms with Crippen LogP contribution in [0.15, 0.2) is 24.3 Å². The molecule has 1 aromatic carbocycles. The van der Waals surface area contributed by atoms with Gasteiger partial charge in [0.25, 0.3) is 0 Å². The summed E-state index contributed by atoms with van der Waals surface area (Å²) >= 11 is 2.88. The molecule has 0 atom stereocenters. The van der Waals surface area contributed by atoms with E-state index >= 15 is 0 Å². The van der Waals surface area contributed by atoms with Crippen molar-refractivity contribution < 1.29 is 13.2 Å². The van der Waals surface area contributed by atoms with E-state index < -0.39 is 10.0 Å². The summed E-state index contributed by atoms with van der Waals surface area (Å²) in [5.41, 5.74) is 1.30. The summed E-state index contributed by atoms with van der Waals surface area (Å²) in [7, 11) is -1.76. The molecule has 17 heavy (non-hydrogen) atoms. The first-order valence-electron chi connectivity index (χ1n) is 4.83. The van der Waals surface area contributed by atoms with Gasteiger partial charge in [0, 0.05) is 12.7 Å². The fourth-order valence-electron chi connectivity index (χ4n) is 1.17. The van der Waals surface area contributed by atoms with Gasteiger partial charge in [-0.05, 0) is 17.7 Å². The van der Waals surface area contributed by atoms with Crippen LogP contribution in [0, 0.1) is 0 Å². The second kappa shape index (κ2) is 6.02. The van der Waals surface area contributed by atoms with Crippen LogP contribution in [0.1, 0.15) is 5.56 Å². The summed E-state index contributed by atoms with van der Waals surface area (Å²) in [6, 6.07) is 6.67. The predicted octanol–water partition coefficient (Wildman–Crippen LogP) is 1.07. The fourth-order valence-corrected chi connectivity index (χ4v) is 2.06. The number of likely N-dealkylation sites (N-methyl/N-ethyl adjacent to an activating group) is 1. The average molecular weight is 321 g/mol. The monoisotopic (exact) mass is 320 g/mol. The molecule has 0 aliphatic rings. The van der Waals surface area contributed by atoms with Gasteiger partial charge in [-0.3, -0.25) is 9.52 Å². The van der Waals surface area contributed by atoms with Gasteiger partial charge in [0.1, 0.15) is 4.66 Å². The molecule has 94 valence electrons. The summed E-state index contributed by atoms with van der Waals surface area (Å²) in [6.45, 7) is 0. The maximum atomic E-state index is 11.3. The van der Waals surface area contributed by atoms with Gasteiger partial charge in [0.15, 0.2) is 0 Å². The largest absolute Gasteiger partial charge is 0.359 e. The Morgan fingerprint density at radius 2 is 1.88 bits per heavy atom. The van der Waals surface area contributed by atoms with Crippen LogP contribution in [-0.4, -0.2) is 26.0 Å². The van der Waals surface area contributed by atoms with E-state index in [1.165, 1.54) is 0 Å². The van der Waals surface area contributed by atoms with E-state index in [2.05, 4.69) is 26.0 Å². The zero-order valence-corrected chi connectivity index (χ0v) is 11.6. The van der Waals surface area contributed by atoms with E-state index in [4.69, 9.17) is 0 Å². The summed E-state index contributed by atoms with van der Waals surface area (Å²) in [5, 5.41) is 2.52. The van der Waals surface area contributed by atoms with E-state index in [1.54, 1.807) is 31.3 Å². The Morgan fingerprint density at radius 1 is 1.29 bits per heavy atom. The van der Waals surface area contributed by atoms with Crippen LogP contribution in [0.25, 0.3) is 0 Å². The van der Waals surface area contributed by atoms with E-state index in [-0.39, 0.29) is 17.0 Å². The van der Waals surface area contributed by atoms with E-state index in [0.29, 0.717) is 5.69 Å². The lowest BCUT2D eigenvalue weighted by atomic mass is 10.1. The van der Waals surface area contributed by atoms with Crippen LogP contribution in [0.2, 0.25) is 0 Å². The molecule has 0 aromatic heterocycles. The van der Waals surface area contributed by atoms with Crippen molar-refractivity contribution in [2.24, 2.45) is 0 Å². The van der Waals surface area contributed by atoms with Gasteiger partial charge in [-0.25, -0.2) is 8.42 Å². The number of hydrogen-bond donors (Lipinski definition) is 2. The van der Waals surface area contributed by atoms with Crippen LogP contribution in [0.5, 0.6) is 0 Å². The van der Waals surface area contributed by atoms with E-state index in [1.807, 2.05) is 0 Å². The molecule has 0 aliphatic carbocycles. The number of anilines is 1. The highest BCUT2D eigenvalue weighted by Gasteiger charge is 2.07. The Morgan fingerprint density at radius 3 is 2.35 bits per heavy atom. The maximum Gasteiger partial charge on any atom is 0.242 e. The smallest absolute Gasteiger partial charge is 0.242 e. The van der Waals surface area contributed by atoms with Crippen molar-refractivity contribution in [2.45, 2.75) is 6.42 Å². The van der Waals surface area contributed by atoms with Crippen molar-refractivity contribution in [1.82, 2.24) is 5.32 Å². The van der Waals surface area contributed by atoms with Gasteiger partial charge >= 0.3 is 0 Å². The fraction of sp³-hybridized carbons (Fsp3) is 0.300. The van der Waals surface area contributed by atoms with Crippen LogP contribution >= 0.6 is 15.9 Å².